The van der Waals surface area contributed by atoms with Crippen molar-refractivity contribution in [1.29, 1.82) is 0 Å². The molecule has 1 N–H and O–H groups in total. The Morgan fingerprint density at radius 3 is 2.42 bits per heavy atom. The molecule has 1 amide bonds. The number of fused-ring (bicyclic) bond motifs is 1. The minimum absolute atomic E-state index is 0.150. The van der Waals surface area contributed by atoms with Gasteiger partial charge in [-0.25, -0.2) is 5.43 Å². The summed E-state index contributed by atoms with van der Waals surface area (Å²) in [5, 5.41) is 3.98. The first-order valence-corrected chi connectivity index (χ1v) is 7.69. The normalized spacial score (nSPS) is 12.1. The third-order valence-electron chi connectivity index (χ3n) is 3.74. The van der Waals surface area contributed by atoms with Crippen LogP contribution in [0.3, 0.4) is 0 Å². The molecular formula is C18H18N2O6. The standard InChI is InChI=1S/C18H18N2O6/c1-22-14-8-16(24-3)15(23-2)7-12(14)9-19-20-18(21)11-4-5-13-17(6-11)26-10-25-13/h4-9H,10H2,1-3H3,(H,20,21)/b19-9-. The van der Waals surface area contributed by atoms with Gasteiger partial charge in [0, 0.05) is 17.2 Å². The van der Waals surface area contributed by atoms with Crippen LogP contribution >= 0.6 is 0 Å². The van der Waals surface area contributed by atoms with E-state index in [1.807, 2.05) is 0 Å². The van der Waals surface area contributed by atoms with Crippen LogP contribution in [0.1, 0.15) is 15.9 Å². The van der Waals surface area contributed by atoms with Crippen LogP contribution in [0, 0.1) is 0 Å². The third-order valence-corrected chi connectivity index (χ3v) is 3.74. The number of benzene rings is 2. The summed E-state index contributed by atoms with van der Waals surface area (Å²) in [4.78, 5) is 12.2. The zero-order chi connectivity index (χ0) is 18.5. The molecule has 26 heavy (non-hydrogen) atoms. The predicted molar refractivity (Wildman–Crippen MR) is 93.7 cm³/mol. The molecule has 0 aliphatic carbocycles. The van der Waals surface area contributed by atoms with Gasteiger partial charge in [-0.2, -0.15) is 5.10 Å². The maximum Gasteiger partial charge on any atom is 0.271 e. The van der Waals surface area contributed by atoms with Gasteiger partial charge in [0.1, 0.15) is 5.75 Å². The maximum atomic E-state index is 12.2. The molecule has 0 spiro atoms. The topological polar surface area (TPSA) is 87.6 Å². The van der Waals surface area contributed by atoms with Crippen molar-refractivity contribution in [1.82, 2.24) is 5.43 Å². The lowest BCUT2D eigenvalue weighted by atomic mass is 10.2. The Kier molecular flexibility index (Phi) is 5.12. The second-order valence-corrected chi connectivity index (χ2v) is 5.22. The molecule has 1 aliphatic heterocycles. The summed E-state index contributed by atoms with van der Waals surface area (Å²) >= 11 is 0. The lowest BCUT2D eigenvalue weighted by molar-refractivity contribution is 0.0954. The van der Waals surface area contributed by atoms with E-state index < -0.39 is 0 Å². The van der Waals surface area contributed by atoms with Gasteiger partial charge in [-0.3, -0.25) is 4.79 Å². The van der Waals surface area contributed by atoms with Gasteiger partial charge in [0.2, 0.25) is 6.79 Å². The fourth-order valence-corrected chi connectivity index (χ4v) is 2.42. The third kappa shape index (κ3) is 3.49. The number of rotatable bonds is 6. The number of hydrogen-bond acceptors (Lipinski definition) is 7. The summed E-state index contributed by atoms with van der Waals surface area (Å²) in [6, 6.07) is 8.30. The number of carbonyl (C=O) groups is 1. The Bertz CT molecular complexity index is 850. The smallest absolute Gasteiger partial charge is 0.271 e. The van der Waals surface area contributed by atoms with Crippen molar-refractivity contribution in [2.45, 2.75) is 0 Å². The second-order valence-electron chi connectivity index (χ2n) is 5.22. The summed E-state index contributed by atoms with van der Waals surface area (Å²) in [5.74, 6) is 2.36. The van der Waals surface area contributed by atoms with Gasteiger partial charge in [0.05, 0.1) is 27.5 Å². The van der Waals surface area contributed by atoms with E-state index in [1.54, 1.807) is 30.3 Å². The van der Waals surface area contributed by atoms with Crippen LogP contribution in [0.2, 0.25) is 0 Å². The van der Waals surface area contributed by atoms with Crippen LogP contribution in [0.25, 0.3) is 0 Å². The number of ether oxygens (including phenoxy) is 5. The average Bonchev–Trinajstić information content (AvgIpc) is 3.15. The molecule has 136 valence electrons. The van der Waals surface area contributed by atoms with E-state index in [4.69, 9.17) is 23.7 Å². The number of amides is 1. The Morgan fingerprint density at radius 1 is 1.00 bits per heavy atom. The highest BCUT2D eigenvalue weighted by molar-refractivity contribution is 5.95. The van der Waals surface area contributed by atoms with E-state index in [9.17, 15) is 4.79 Å². The van der Waals surface area contributed by atoms with Crippen molar-refractivity contribution in [2.24, 2.45) is 5.10 Å². The lowest BCUT2D eigenvalue weighted by Gasteiger charge is -2.11. The largest absolute Gasteiger partial charge is 0.496 e. The van der Waals surface area contributed by atoms with E-state index in [-0.39, 0.29) is 12.7 Å². The fourth-order valence-electron chi connectivity index (χ4n) is 2.42. The van der Waals surface area contributed by atoms with Crippen LogP contribution < -0.4 is 29.1 Å². The molecule has 0 atom stereocenters. The molecule has 0 bridgehead atoms. The van der Waals surface area contributed by atoms with Crippen LogP contribution in [-0.4, -0.2) is 40.2 Å². The van der Waals surface area contributed by atoms with Gasteiger partial charge < -0.3 is 23.7 Å². The molecule has 0 aromatic heterocycles. The predicted octanol–water partition coefficient (Wildman–Crippen LogP) is 2.21. The first kappa shape index (κ1) is 17.4. The van der Waals surface area contributed by atoms with Gasteiger partial charge in [0.15, 0.2) is 23.0 Å². The molecule has 1 heterocycles. The lowest BCUT2D eigenvalue weighted by Crippen LogP contribution is -2.17. The van der Waals surface area contributed by atoms with E-state index in [2.05, 4.69) is 10.5 Å². The Labute approximate surface area is 150 Å². The van der Waals surface area contributed by atoms with Crippen molar-refractivity contribution in [2.75, 3.05) is 28.1 Å². The minimum Gasteiger partial charge on any atom is -0.496 e. The number of nitrogens with zero attached hydrogens (tertiary/aromatic N) is 1. The number of hydrazone groups is 1. The van der Waals surface area contributed by atoms with Gasteiger partial charge >= 0.3 is 0 Å². The fraction of sp³-hybridized carbons (Fsp3) is 0.222. The summed E-state index contributed by atoms with van der Waals surface area (Å²) in [7, 11) is 4.60. The van der Waals surface area contributed by atoms with Gasteiger partial charge in [-0.05, 0) is 24.3 Å². The van der Waals surface area contributed by atoms with E-state index in [0.717, 1.165) is 0 Å². The van der Waals surface area contributed by atoms with E-state index >= 15 is 0 Å². The van der Waals surface area contributed by atoms with Gasteiger partial charge in [0.25, 0.3) is 5.91 Å². The Balaban J connectivity index is 1.74. The molecule has 0 radical (unpaired) electrons. The molecule has 3 rings (SSSR count). The Morgan fingerprint density at radius 2 is 1.69 bits per heavy atom. The molecule has 0 unspecified atom stereocenters. The van der Waals surface area contributed by atoms with Crippen LogP contribution in [0.15, 0.2) is 35.4 Å². The summed E-state index contributed by atoms with van der Waals surface area (Å²) < 4.78 is 26.3. The van der Waals surface area contributed by atoms with Crippen LogP contribution in [-0.2, 0) is 0 Å². The number of hydrogen-bond donors (Lipinski definition) is 1. The van der Waals surface area contributed by atoms with Gasteiger partial charge in [-0.1, -0.05) is 0 Å². The van der Waals surface area contributed by atoms with Gasteiger partial charge in [-0.15, -0.1) is 0 Å². The van der Waals surface area contributed by atoms with Crippen molar-refractivity contribution in [3.8, 4) is 28.7 Å². The van der Waals surface area contributed by atoms with E-state index in [0.29, 0.717) is 39.9 Å². The van der Waals surface area contributed by atoms with Crippen molar-refractivity contribution < 1.29 is 28.5 Å². The van der Waals surface area contributed by atoms with Crippen molar-refractivity contribution in [3.05, 3.63) is 41.5 Å². The molecule has 2 aromatic rings. The monoisotopic (exact) mass is 358 g/mol. The molecule has 0 saturated carbocycles. The molecule has 0 fully saturated rings. The zero-order valence-corrected chi connectivity index (χ0v) is 14.6. The highest BCUT2D eigenvalue weighted by Crippen LogP contribution is 2.34. The SMILES string of the molecule is COc1cc(OC)c(OC)cc1/C=N\NC(=O)c1ccc2c(c1)OCO2. The average molecular weight is 358 g/mol. The van der Waals surface area contributed by atoms with E-state index in [1.165, 1.54) is 27.5 Å². The van der Waals surface area contributed by atoms with Crippen LogP contribution in [0.5, 0.6) is 28.7 Å². The first-order valence-electron chi connectivity index (χ1n) is 7.69. The van der Waals surface area contributed by atoms with Crippen LogP contribution in [0.4, 0.5) is 0 Å². The summed E-state index contributed by atoms with van der Waals surface area (Å²) in [6.07, 6.45) is 1.46. The number of methoxy groups -OCH3 is 3. The Hall–Kier alpha value is -3.42. The number of carbonyl (C=O) groups excluding carboxylic acids is 1. The molecule has 8 heteroatoms. The highest BCUT2D eigenvalue weighted by Gasteiger charge is 2.16. The van der Waals surface area contributed by atoms with Crippen molar-refractivity contribution in [3.63, 3.8) is 0 Å². The molecule has 0 saturated heterocycles. The quantitative estimate of drug-likeness (QED) is 0.629. The first-order chi connectivity index (χ1) is 12.7. The van der Waals surface area contributed by atoms with Crippen molar-refractivity contribution >= 4 is 12.1 Å². The second kappa shape index (κ2) is 7.64. The zero-order valence-electron chi connectivity index (χ0n) is 14.6. The molecular weight excluding hydrogens is 340 g/mol. The minimum atomic E-state index is -0.376. The maximum absolute atomic E-state index is 12.2. The molecule has 8 nitrogen and oxygen atoms in total. The molecule has 2 aromatic carbocycles. The summed E-state index contributed by atoms with van der Waals surface area (Å²) in [5.41, 5.74) is 3.49. The highest BCUT2D eigenvalue weighted by atomic mass is 16.7. The number of nitrogens with one attached hydrogen (secondary N) is 1. The molecule has 1 aliphatic rings. The summed E-state index contributed by atoms with van der Waals surface area (Å²) in [6.45, 7) is 0.150.